The third-order valence-electron chi connectivity index (χ3n) is 4.37. The van der Waals surface area contributed by atoms with Crippen LogP contribution in [-0.4, -0.2) is 28.2 Å². The van der Waals surface area contributed by atoms with Crippen LogP contribution >= 0.6 is 11.3 Å². The van der Waals surface area contributed by atoms with Gasteiger partial charge >= 0.3 is 0 Å². The number of halogens is 1. The van der Waals surface area contributed by atoms with Gasteiger partial charge in [0.1, 0.15) is 35.5 Å². The van der Waals surface area contributed by atoms with Crippen LogP contribution in [0.1, 0.15) is 5.69 Å². The summed E-state index contributed by atoms with van der Waals surface area (Å²) in [7, 11) is 1.62. The molecule has 28 heavy (non-hydrogen) atoms. The first kappa shape index (κ1) is 17.9. The maximum atomic E-state index is 13.2. The molecule has 4 rings (SSSR count). The van der Waals surface area contributed by atoms with Gasteiger partial charge in [0.15, 0.2) is 0 Å². The first-order chi connectivity index (χ1) is 13.7. The van der Waals surface area contributed by atoms with Gasteiger partial charge in [0.05, 0.1) is 23.2 Å². The lowest BCUT2D eigenvalue weighted by Crippen LogP contribution is -2.12. The summed E-state index contributed by atoms with van der Waals surface area (Å²) in [4.78, 5) is 9.16. The minimum Gasteiger partial charge on any atom is -0.496 e. The molecule has 3 aromatic heterocycles. The van der Waals surface area contributed by atoms with Gasteiger partial charge in [-0.3, -0.25) is 0 Å². The van der Waals surface area contributed by atoms with Crippen molar-refractivity contribution in [3.05, 3.63) is 59.6 Å². The number of hydrogen-bond donors (Lipinski definition) is 1. The highest BCUT2D eigenvalue weighted by Crippen LogP contribution is 2.29. The predicted octanol–water partition coefficient (Wildman–Crippen LogP) is 4.29. The molecule has 0 bridgehead atoms. The molecule has 0 saturated carbocycles. The highest BCUT2D eigenvalue weighted by Gasteiger charge is 2.12. The average Bonchev–Trinajstić information content (AvgIpc) is 3.31. The van der Waals surface area contributed by atoms with Crippen molar-refractivity contribution in [1.29, 1.82) is 5.26 Å². The smallest absolute Gasteiger partial charge is 0.134 e. The SMILES string of the molecule is COc1cccc2c1cc(C#N)n2CCNc1cc(-c2cc(F)cs2)ncn1. The molecule has 0 atom stereocenters. The maximum Gasteiger partial charge on any atom is 0.134 e. The van der Waals surface area contributed by atoms with Gasteiger partial charge in [-0.2, -0.15) is 5.26 Å². The maximum absolute atomic E-state index is 13.2. The van der Waals surface area contributed by atoms with Gasteiger partial charge < -0.3 is 14.6 Å². The van der Waals surface area contributed by atoms with E-state index in [1.807, 2.05) is 28.8 Å². The molecule has 1 N–H and O–H groups in total. The van der Waals surface area contributed by atoms with Crippen LogP contribution in [0, 0.1) is 17.1 Å². The first-order valence-corrected chi connectivity index (χ1v) is 9.44. The number of thiophene rings is 1. The lowest BCUT2D eigenvalue weighted by atomic mass is 10.2. The van der Waals surface area contributed by atoms with Crippen molar-refractivity contribution >= 4 is 28.1 Å². The summed E-state index contributed by atoms with van der Waals surface area (Å²) in [6, 6.07) is 13.1. The molecule has 6 nitrogen and oxygen atoms in total. The quantitative estimate of drug-likeness (QED) is 0.529. The first-order valence-electron chi connectivity index (χ1n) is 8.56. The van der Waals surface area contributed by atoms with Crippen LogP contribution in [0.3, 0.4) is 0 Å². The van der Waals surface area contributed by atoms with Crippen molar-refractivity contribution < 1.29 is 9.13 Å². The molecule has 0 radical (unpaired) electrons. The molecule has 4 aromatic rings. The monoisotopic (exact) mass is 393 g/mol. The second-order valence-corrected chi connectivity index (χ2v) is 6.94. The number of nitriles is 1. The molecule has 0 fully saturated rings. The second kappa shape index (κ2) is 7.66. The van der Waals surface area contributed by atoms with Gasteiger partial charge in [-0.25, -0.2) is 14.4 Å². The Bertz CT molecular complexity index is 1180. The van der Waals surface area contributed by atoms with E-state index < -0.39 is 0 Å². The van der Waals surface area contributed by atoms with Crippen LogP contribution in [0.4, 0.5) is 10.2 Å². The summed E-state index contributed by atoms with van der Waals surface area (Å²) in [5.74, 6) is 1.11. The molecule has 1 aromatic carbocycles. The van der Waals surface area contributed by atoms with Crippen LogP contribution in [0.15, 0.2) is 48.1 Å². The Kier molecular flexibility index (Phi) is 4.91. The van der Waals surface area contributed by atoms with E-state index in [0.717, 1.165) is 21.5 Å². The predicted molar refractivity (Wildman–Crippen MR) is 107 cm³/mol. The second-order valence-electron chi connectivity index (χ2n) is 6.03. The van der Waals surface area contributed by atoms with Crippen molar-refractivity contribution in [3.8, 4) is 22.4 Å². The van der Waals surface area contributed by atoms with Gasteiger partial charge in [0, 0.05) is 29.9 Å². The number of methoxy groups -OCH3 is 1. The van der Waals surface area contributed by atoms with Gasteiger partial charge in [-0.15, -0.1) is 11.3 Å². The van der Waals surface area contributed by atoms with Crippen molar-refractivity contribution in [2.45, 2.75) is 6.54 Å². The summed E-state index contributed by atoms with van der Waals surface area (Å²) in [5, 5.41) is 15.1. The lowest BCUT2D eigenvalue weighted by Gasteiger charge is -2.10. The van der Waals surface area contributed by atoms with Crippen LogP contribution in [-0.2, 0) is 6.54 Å². The van der Waals surface area contributed by atoms with E-state index in [0.29, 0.717) is 30.3 Å². The fourth-order valence-electron chi connectivity index (χ4n) is 3.10. The van der Waals surface area contributed by atoms with Crippen molar-refractivity contribution in [2.24, 2.45) is 0 Å². The standard InChI is InChI=1S/C20H16FN5OS/c1-27-18-4-2-3-17-15(18)8-14(10-22)26(17)6-5-23-20-9-16(24-12-25-20)19-7-13(21)11-28-19/h2-4,7-9,11-12H,5-6H2,1H3,(H,23,24,25). The summed E-state index contributed by atoms with van der Waals surface area (Å²) in [6.45, 7) is 1.14. The summed E-state index contributed by atoms with van der Waals surface area (Å²) < 4.78 is 20.6. The number of nitrogens with one attached hydrogen (secondary N) is 1. The molecule has 0 unspecified atom stereocenters. The summed E-state index contributed by atoms with van der Waals surface area (Å²) >= 11 is 1.30. The van der Waals surface area contributed by atoms with Crippen LogP contribution in [0.2, 0.25) is 0 Å². The van der Waals surface area contributed by atoms with E-state index in [2.05, 4.69) is 21.4 Å². The van der Waals surface area contributed by atoms with E-state index in [4.69, 9.17) is 4.74 Å². The van der Waals surface area contributed by atoms with E-state index >= 15 is 0 Å². The Morgan fingerprint density at radius 2 is 2.18 bits per heavy atom. The number of anilines is 1. The van der Waals surface area contributed by atoms with Gasteiger partial charge in [0.2, 0.25) is 0 Å². The zero-order valence-corrected chi connectivity index (χ0v) is 15.8. The Hall–Kier alpha value is -3.44. The molecular weight excluding hydrogens is 377 g/mol. The number of nitrogens with zero attached hydrogens (tertiary/aromatic N) is 4. The van der Waals surface area contributed by atoms with Crippen LogP contribution < -0.4 is 10.1 Å². The molecular formula is C20H16FN5OS. The van der Waals surface area contributed by atoms with Crippen LogP contribution in [0.5, 0.6) is 5.75 Å². The molecule has 0 saturated heterocycles. The number of rotatable bonds is 6. The number of ether oxygens (including phenoxy) is 1. The molecule has 0 aliphatic carbocycles. The number of hydrogen-bond acceptors (Lipinski definition) is 6. The topological polar surface area (TPSA) is 75.8 Å². The number of benzene rings is 1. The number of aromatic nitrogens is 3. The van der Waals surface area contributed by atoms with Gasteiger partial charge in [0.25, 0.3) is 0 Å². The molecule has 0 amide bonds. The van der Waals surface area contributed by atoms with Crippen molar-refractivity contribution in [2.75, 3.05) is 19.0 Å². The van der Waals surface area contributed by atoms with E-state index in [1.54, 1.807) is 13.2 Å². The zero-order chi connectivity index (χ0) is 19.5. The normalized spacial score (nSPS) is 10.8. The largest absolute Gasteiger partial charge is 0.496 e. The highest BCUT2D eigenvalue weighted by atomic mass is 32.1. The fraction of sp³-hybridized carbons (Fsp3) is 0.150. The summed E-state index contributed by atoms with van der Waals surface area (Å²) in [6.07, 6.45) is 1.45. The average molecular weight is 393 g/mol. The van der Waals surface area contributed by atoms with E-state index in [9.17, 15) is 9.65 Å². The van der Waals surface area contributed by atoms with Crippen LogP contribution in [0.25, 0.3) is 21.5 Å². The van der Waals surface area contributed by atoms with Gasteiger partial charge in [-0.1, -0.05) is 6.07 Å². The molecule has 8 heteroatoms. The Morgan fingerprint density at radius 1 is 1.29 bits per heavy atom. The number of fused-ring (bicyclic) bond motifs is 1. The third kappa shape index (κ3) is 3.40. The van der Waals surface area contributed by atoms with Crippen molar-refractivity contribution in [1.82, 2.24) is 14.5 Å². The van der Waals surface area contributed by atoms with Crippen molar-refractivity contribution in [3.63, 3.8) is 0 Å². The van der Waals surface area contributed by atoms with E-state index in [1.165, 1.54) is 29.1 Å². The Morgan fingerprint density at radius 3 is 2.93 bits per heavy atom. The third-order valence-corrected chi connectivity index (χ3v) is 5.29. The molecule has 0 spiro atoms. The Labute approximate surface area is 164 Å². The minimum absolute atomic E-state index is 0.271. The Balaban J connectivity index is 1.52. The minimum atomic E-state index is -0.271. The fourth-order valence-corrected chi connectivity index (χ4v) is 3.82. The highest BCUT2D eigenvalue weighted by molar-refractivity contribution is 7.13. The zero-order valence-electron chi connectivity index (χ0n) is 15.0. The summed E-state index contributed by atoms with van der Waals surface area (Å²) in [5.41, 5.74) is 2.18. The molecule has 140 valence electrons. The molecule has 0 aliphatic heterocycles. The molecule has 0 aliphatic rings. The lowest BCUT2D eigenvalue weighted by molar-refractivity contribution is 0.420. The molecule has 3 heterocycles. The van der Waals surface area contributed by atoms with E-state index in [-0.39, 0.29) is 5.82 Å². The van der Waals surface area contributed by atoms with Gasteiger partial charge in [-0.05, 0) is 24.3 Å².